The van der Waals surface area contributed by atoms with Crippen LogP contribution in [0.3, 0.4) is 0 Å². The zero-order valence-corrected chi connectivity index (χ0v) is 18.6. The number of nitrogens with zero attached hydrogens (tertiary/aromatic N) is 1. The van der Waals surface area contributed by atoms with Crippen molar-refractivity contribution in [1.29, 1.82) is 0 Å². The lowest BCUT2D eigenvalue weighted by Gasteiger charge is -2.23. The van der Waals surface area contributed by atoms with E-state index < -0.39 is 12.0 Å². The fraction of sp³-hybridized carbons (Fsp3) is 0.269. The molecule has 0 bridgehead atoms. The molecule has 0 spiro atoms. The molecule has 2 amide bonds. The molecule has 0 aliphatic rings. The second-order valence-electron chi connectivity index (χ2n) is 7.66. The molecule has 1 atom stereocenters. The van der Waals surface area contributed by atoms with Crippen molar-refractivity contribution in [2.75, 3.05) is 18.1 Å². The summed E-state index contributed by atoms with van der Waals surface area (Å²) < 4.78 is 5.30. The molecule has 32 heavy (non-hydrogen) atoms. The highest BCUT2D eigenvalue weighted by molar-refractivity contribution is 6.04. The predicted molar refractivity (Wildman–Crippen MR) is 125 cm³/mol. The lowest BCUT2D eigenvalue weighted by molar-refractivity contribution is -0.148. The molecule has 1 N–H and O–H groups in total. The summed E-state index contributed by atoms with van der Waals surface area (Å²) in [4.78, 5) is 38.6. The maximum atomic E-state index is 12.9. The first kappa shape index (κ1) is 23.0. The maximum absolute atomic E-state index is 12.9. The molecule has 6 heteroatoms. The minimum Gasteiger partial charge on any atom is -0.455 e. The van der Waals surface area contributed by atoms with E-state index >= 15 is 0 Å². The van der Waals surface area contributed by atoms with Crippen LogP contribution in [0.4, 0.5) is 5.69 Å². The van der Waals surface area contributed by atoms with Crippen molar-refractivity contribution in [1.82, 2.24) is 5.32 Å². The van der Waals surface area contributed by atoms with Crippen LogP contribution in [0, 0.1) is 6.92 Å². The number of esters is 1. The monoisotopic (exact) mass is 432 g/mol. The van der Waals surface area contributed by atoms with Gasteiger partial charge in [0.05, 0.1) is 18.2 Å². The maximum Gasteiger partial charge on any atom is 0.308 e. The summed E-state index contributed by atoms with van der Waals surface area (Å²) in [6, 6.07) is 20.7. The smallest absolute Gasteiger partial charge is 0.308 e. The fourth-order valence-corrected chi connectivity index (χ4v) is 3.67. The average molecular weight is 433 g/mol. The molecule has 0 aromatic heterocycles. The number of likely N-dealkylation sites (N-methyl/N-ethyl adjacent to an activating group) is 1. The molecule has 0 fully saturated rings. The van der Waals surface area contributed by atoms with Crippen LogP contribution in [0.1, 0.15) is 37.4 Å². The first-order valence-electron chi connectivity index (χ1n) is 10.7. The minimum atomic E-state index is -0.549. The highest BCUT2D eigenvalue weighted by Crippen LogP contribution is 2.27. The second kappa shape index (κ2) is 10.6. The van der Waals surface area contributed by atoms with Crippen LogP contribution in [-0.2, 0) is 19.1 Å². The Morgan fingerprint density at radius 1 is 0.969 bits per heavy atom. The standard InChI is InChI=1S/C26H28N2O4/c1-4-28(24-11-7-9-20-8-5-6-10-22(20)24)25(30)17-32-26(31)16-23(27-19(3)29)21-14-12-18(2)13-15-21/h5-15,23H,4,16-17H2,1-3H3,(H,27,29). The van der Waals surface area contributed by atoms with Crippen molar-refractivity contribution in [3.8, 4) is 0 Å². The number of hydrogen-bond acceptors (Lipinski definition) is 4. The Balaban J connectivity index is 1.67. The number of ether oxygens (including phenoxy) is 1. The van der Waals surface area contributed by atoms with Gasteiger partial charge in [-0.1, -0.05) is 66.2 Å². The van der Waals surface area contributed by atoms with E-state index in [1.165, 1.54) is 6.92 Å². The zero-order valence-electron chi connectivity index (χ0n) is 18.6. The van der Waals surface area contributed by atoms with Gasteiger partial charge in [0.15, 0.2) is 6.61 Å². The Bertz CT molecular complexity index is 1100. The van der Waals surface area contributed by atoms with Gasteiger partial charge in [-0.25, -0.2) is 0 Å². The molecule has 166 valence electrons. The summed E-state index contributed by atoms with van der Waals surface area (Å²) >= 11 is 0. The van der Waals surface area contributed by atoms with Gasteiger partial charge in [0.25, 0.3) is 5.91 Å². The summed E-state index contributed by atoms with van der Waals surface area (Å²) in [5, 5.41) is 4.77. The largest absolute Gasteiger partial charge is 0.455 e. The van der Waals surface area contributed by atoms with E-state index in [9.17, 15) is 14.4 Å². The summed E-state index contributed by atoms with van der Waals surface area (Å²) in [5.41, 5.74) is 2.67. The van der Waals surface area contributed by atoms with Gasteiger partial charge >= 0.3 is 5.97 Å². The quantitative estimate of drug-likeness (QED) is 0.538. The third kappa shape index (κ3) is 5.72. The van der Waals surface area contributed by atoms with E-state index in [-0.39, 0.29) is 24.8 Å². The number of aryl methyl sites for hydroxylation is 1. The number of carbonyl (C=O) groups excluding carboxylic acids is 3. The Morgan fingerprint density at radius 3 is 2.34 bits per heavy atom. The molecule has 0 saturated heterocycles. The van der Waals surface area contributed by atoms with E-state index in [0.29, 0.717) is 6.54 Å². The molecule has 6 nitrogen and oxygen atoms in total. The lowest BCUT2D eigenvalue weighted by atomic mass is 10.0. The van der Waals surface area contributed by atoms with Crippen molar-refractivity contribution >= 4 is 34.2 Å². The molecule has 0 heterocycles. The molecular formula is C26H28N2O4. The van der Waals surface area contributed by atoms with Crippen LogP contribution in [0.15, 0.2) is 66.7 Å². The molecular weight excluding hydrogens is 404 g/mol. The Kier molecular flexibility index (Phi) is 7.60. The molecule has 0 saturated carbocycles. The number of benzene rings is 3. The van der Waals surface area contributed by atoms with Crippen LogP contribution in [0.25, 0.3) is 10.8 Å². The molecule has 3 aromatic carbocycles. The van der Waals surface area contributed by atoms with Crippen LogP contribution in [0.2, 0.25) is 0 Å². The number of amides is 2. The highest BCUT2D eigenvalue weighted by Gasteiger charge is 2.21. The summed E-state index contributed by atoms with van der Waals surface area (Å²) in [5.74, 6) is -1.09. The number of hydrogen-bond donors (Lipinski definition) is 1. The normalized spacial score (nSPS) is 11.6. The minimum absolute atomic E-state index is 0.0592. The number of fused-ring (bicyclic) bond motifs is 1. The van der Waals surface area contributed by atoms with Crippen molar-refractivity contribution in [2.24, 2.45) is 0 Å². The van der Waals surface area contributed by atoms with E-state index in [4.69, 9.17) is 4.74 Å². The fourth-order valence-electron chi connectivity index (χ4n) is 3.67. The Labute approximate surface area is 188 Å². The first-order valence-corrected chi connectivity index (χ1v) is 10.7. The number of nitrogens with one attached hydrogen (secondary N) is 1. The van der Waals surface area contributed by atoms with E-state index in [1.807, 2.05) is 80.6 Å². The van der Waals surface area contributed by atoms with Crippen LogP contribution < -0.4 is 10.2 Å². The van der Waals surface area contributed by atoms with Gasteiger partial charge in [-0.3, -0.25) is 14.4 Å². The number of anilines is 1. The van der Waals surface area contributed by atoms with Gasteiger partial charge < -0.3 is 15.0 Å². The second-order valence-corrected chi connectivity index (χ2v) is 7.66. The molecule has 3 rings (SSSR count). The van der Waals surface area contributed by atoms with Gasteiger partial charge in [0.2, 0.25) is 5.91 Å². The third-order valence-electron chi connectivity index (χ3n) is 5.26. The first-order chi connectivity index (χ1) is 15.4. The third-order valence-corrected chi connectivity index (χ3v) is 5.26. The van der Waals surface area contributed by atoms with Crippen LogP contribution in [0.5, 0.6) is 0 Å². The van der Waals surface area contributed by atoms with Gasteiger partial charge in [0.1, 0.15) is 0 Å². The van der Waals surface area contributed by atoms with Crippen molar-refractivity contribution in [2.45, 2.75) is 33.2 Å². The highest BCUT2D eigenvalue weighted by atomic mass is 16.5. The Hall–Kier alpha value is -3.67. The average Bonchev–Trinajstić information content (AvgIpc) is 2.78. The summed E-state index contributed by atoms with van der Waals surface area (Å²) in [6.45, 7) is 5.33. The number of rotatable bonds is 8. The molecule has 0 aliphatic carbocycles. The summed E-state index contributed by atoms with van der Waals surface area (Å²) in [7, 11) is 0. The van der Waals surface area contributed by atoms with Gasteiger partial charge in [-0.15, -0.1) is 0 Å². The van der Waals surface area contributed by atoms with Crippen LogP contribution in [-0.4, -0.2) is 30.9 Å². The van der Waals surface area contributed by atoms with E-state index in [0.717, 1.165) is 27.6 Å². The van der Waals surface area contributed by atoms with Crippen LogP contribution >= 0.6 is 0 Å². The molecule has 1 unspecified atom stereocenters. The SMILES string of the molecule is CCN(C(=O)COC(=O)CC(NC(C)=O)c1ccc(C)cc1)c1cccc2ccccc12. The molecule has 0 aliphatic heterocycles. The van der Waals surface area contributed by atoms with E-state index in [2.05, 4.69) is 5.32 Å². The zero-order chi connectivity index (χ0) is 23.1. The Morgan fingerprint density at radius 2 is 1.66 bits per heavy atom. The van der Waals surface area contributed by atoms with Crippen molar-refractivity contribution < 1.29 is 19.1 Å². The van der Waals surface area contributed by atoms with E-state index in [1.54, 1.807) is 4.90 Å². The van der Waals surface area contributed by atoms with Gasteiger partial charge in [-0.2, -0.15) is 0 Å². The van der Waals surface area contributed by atoms with Crippen molar-refractivity contribution in [3.05, 3.63) is 77.9 Å². The predicted octanol–water partition coefficient (Wildman–Crippen LogP) is 4.31. The number of carbonyl (C=O) groups is 3. The molecule has 3 aromatic rings. The van der Waals surface area contributed by atoms with Gasteiger partial charge in [0, 0.05) is 18.9 Å². The molecule has 0 radical (unpaired) electrons. The topological polar surface area (TPSA) is 75.7 Å². The summed E-state index contributed by atoms with van der Waals surface area (Å²) in [6.07, 6.45) is -0.0592. The van der Waals surface area contributed by atoms with Gasteiger partial charge in [-0.05, 0) is 30.9 Å². The lowest BCUT2D eigenvalue weighted by Crippen LogP contribution is -2.35. The van der Waals surface area contributed by atoms with Crippen molar-refractivity contribution in [3.63, 3.8) is 0 Å².